The summed E-state index contributed by atoms with van der Waals surface area (Å²) in [4.78, 5) is 25.0. The van der Waals surface area contributed by atoms with Crippen LogP contribution >= 0.6 is 0 Å². The first kappa shape index (κ1) is 22.5. The number of carbonyl (C=O) groups is 2. The molecule has 0 radical (unpaired) electrons. The molecule has 7 nitrogen and oxygen atoms in total. The van der Waals surface area contributed by atoms with Crippen LogP contribution in [0.5, 0.6) is 11.5 Å². The van der Waals surface area contributed by atoms with Gasteiger partial charge in [0.2, 0.25) is 0 Å². The monoisotopic (exact) mass is 426 g/mol. The van der Waals surface area contributed by atoms with Crippen LogP contribution in [0, 0.1) is 5.92 Å². The molecule has 0 aliphatic carbocycles. The van der Waals surface area contributed by atoms with Gasteiger partial charge in [-0.1, -0.05) is 18.2 Å². The zero-order valence-corrected chi connectivity index (χ0v) is 18.3. The van der Waals surface area contributed by atoms with Crippen LogP contribution in [0.4, 0.5) is 5.69 Å². The van der Waals surface area contributed by atoms with Crippen molar-refractivity contribution in [1.29, 1.82) is 0 Å². The fourth-order valence-corrected chi connectivity index (χ4v) is 3.91. The smallest absolute Gasteiger partial charge is 0.311 e. The Labute approximate surface area is 183 Å². The number of anilines is 1. The van der Waals surface area contributed by atoms with Crippen LogP contribution in [0.25, 0.3) is 0 Å². The lowest BCUT2D eigenvalue weighted by atomic mass is 9.87. The minimum Gasteiger partial charge on any atom is -0.493 e. The van der Waals surface area contributed by atoms with Gasteiger partial charge in [0, 0.05) is 29.9 Å². The van der Waals surface area contributed by atoms with Crippen molar-refractivity contribution in [3.8, 4) is 11.5 Å². The number of hydrogen-bond donors (Lipinski definition) is 2. The van der Waals surface area contributed by atoms with Crippen molar-refractivity contribution in [3.05, 3.63) is 53.6 Å². The number of carbonyl (C=O) groups excluding carboxylic acids is 2. The molecule has 2 unspecified atom stereocenters. The maximum absolute atomic E-state index is 12.7. The molecule has 3 rings (SSSR count). The number of aryl methyl sites for hydroxylation is 1. The number of nitrogens with one attached hydrogen (secondary N) is 2. The molecule has 1 amide bonds. The Hall–Kier alpha value is -3.22. The van der Waals surface area contributed by atoms with Gasteiger partial charge in [0.1, 0.15) is 0 Å². The first-order valence-electron chi connectivity index (χ1n) is 10.6. The average molecular weight is 427 g/mol. The van der Waals surface area contributed by atoms with E-state index in [0.717, 1.165) is 24.1 Å². The predicted octanol–water partition coefficient (Wildman–Crippen LogP) is 3.43. The Bertz CT molecular complexity index is 900. The molecule has 2 atom stereocenters. The molecule has 1 aliphatic rings. The van der Waals surface area contributed by atoms with Gasteiger partial charge in [0.25, 0.3) is 5.91 Å². The lowest BCUT2D eigenvalue weighted by Crippen LogP contribution is -2.40. The van der Waals surface area contributed by atoms with E-state index < -0.39 is 0 Å². The summed E-state index contributed by atoms with van der Waals surface area (Å²) in [5, 5.41) is 6.39. The molecule has 2 aromatic rings. The number of fused-ring (bicyclic) bond motifs is 1. The SMILES string of the molecule is CCOC(=O)C(CCNC(=O)c1ccccc1)C1CCc2cc(OC)c(OC)cc2N1. The molecule has 166 valence electrons. The van der Waals surface area contributed by atoms with E-state index in [4.69, 9.17) is 14.2 Å². The average Bonchev–Trinajstić information content (AvgIpc) is 2.81. The maximum Gasteiger partial charge on any atom is 0.311 e. The number of ether oxygens (including phenoxy) is 3. The standard InChI is InChI=1S/C24H30N2O5/c1-4-31-24(28)18(12-13-25-23(27)16-8-6-5-7-9-16)19-11-10-17-14-21(29-2)22(30-3)15-20(17)26-19/h5-9,14-15,18-19,26H,4,10-13H2,1-3H3,(H,25,27). The second-order valence-electron chi connectivity index (χ2n) is 7.42. The molecular weight excluding hydrogens is 396 g/mol. The third kappa shape index (κ3) is 5.48. The number of hydrogen-bond acceptors (Lipinski definition) is 6. The molecule has 31 heavy (non-hydrogen) atoms. The molecule has 0 aromatic heterocycles. The second-order valence-corrected chi connectivity index (χ2v) is 7.42. The molecule has 0 saturated heterocycles. The molecular formula is C24H30N2O5. The Morgan fingerprint density at radius 1 is 1.13 bits per heavy atom. The van der Waals surface area contributed by atoms with Gasteiger partial charge in [-0.25, -0.2) is 0 Å². The van der Waals surface area contributed by atoms with Gasteiger partial charge in [-0.05, 0) is 49.9 Å². The predicted molar refractivity (Wildman–Crippen MR) is 119 cm³/mol. The highest BCUT2D eigenvalue weighted by atomic mass is 16.5. The number of amides is 1. The summed E-state index contributed by atoms with van der Waals surface area (Å²) in [5.74, 6) is 0.543. The van der Waals surface area contributed by atoms with E-state index in [9.17, 15) is 9.59 Å². The summed E-state index contributed by atoms with van der Waals surface area (Å²) in [6.45, 7) is 2.50. The lowest BCUT2D eigenvalue weighted by molar-refractivity contribution is -0.148. The molecule has 1 aliphatic heterocycles. The van der Waals surface area contributed by atoms with E-state index in [1.54, 1.807) is 33.3 Å². The quantitative estimate of drug-likeness (QED) is 0.598. The molecule has 0 fully saturated rings. The van der Waals surface area contributed by atoms with E-state index >= 15 is 0 Å². The van der Waals surface area contributed by atoms with Gasteiger partial charge < -0.3 is 24.8 Å². The minimum atomic E-state index is -0.378. The normalized spacial score (nSPS) is 15.8. The maximum atomic E-state index is 12.7. The van der Waals surface area contributed by atoms with Crippen molar-refractivity contribution in [2.45, 2.75) is 32.2 Å². The molecule has 0 saturated carbocycles. The zero-order valence-electron chi connectivity index (χ0n) is 18.3. The van der Waals surface area contributed by atoms with E-state index in [-0.39, 0.29) is 23.8 Å². The van der Waals surface area contributed by atoms with Crippen molar-refractivity contribution in [3.63, 3.8) is 0 Å². The van der Waals surface area contributed by atoms with Gasteiger partial charge in [-0.3, -0.25) is 9.59 Å². The zero-order chi connectivity index (χ0) is 22.2. The van der Waals surface area contributed by atoms with E-state index in [1.165, 1.54) is 0 Å². The fraction of sp³-hybridized carbons (Fsp3) is 0.417. The van der Waals surface area contributed by atoms with Crippen LogP contribution in [0.1, 0.15) is 35.7 Å². The summed E-state index contributed by atoms with van der Waals surface area (Å²) in [6, 6.07) is 12.8. The van der Waals surface area contributed by atoms with Crippen molar-refractivity contribution >= 4 is 17.6 Å². The van der Waals surface area contributed by atoms with Gasteiger partial charge >= 0.3 is 5.97 Å². The largest absolute Gasteiger partial charge is 0.493 e. The van der Waals surface area contributed by atoms with Crippen LogP contribution in [-0.2, 0) is 16.0 Å². The van der Waals surface area contributed by atoms with Crippen molar-refractivity contribution < 1.29 is 23.8 Å². The summed E-state index contributed by atoms with van der Waals surface area (Å²) < 4.78 is 16.1. The van der Waals surface area contributed by atoms with Crippen LogP contribution in [0.3, 0.4) is 0 Å². The van der Waals surface area contributed by atoms with Gasteiger partial charge in [-0.2, -0.15) is 0 Å². The first-order chi connectivity index (χ1) is 15.1. The molecule has 0 spiro atoms. The topological polar surface area (TPSA) is 85.9 Å². The van der Waals surface area contributed by atoms with Crippen LogP contribution < -0.4 is 20.1 Å². The van der Waals surface area contributed by atoms with E-state index in [2.05, 4.69) is 10.6 Å². The summed E-state index contributed by atoms with van der Waals surface area (Å²) >= 11 is 0. The highest BCUT2D eigenvalue weighted by Gasteiger charge is 2.32. The Morgan fingerprint density at radius 3 is 2.52 bits per heavy atom. The highest BCUT2D eigenvalue weighted by Crippen LogP contribution is 2.38. The Morgan fingerprint density at radius 2 is 1.84 bits per heavy atom. The van der Waals surface area contributed by atoms with Crippen molar-refractivity contribution in [1.82, 2.24) is 5.32 Å². The molecule has 2 N–H and O–H groups in total. The van der Waals surface area contributed by atoms with Gasteiger partial charge in [0.05, 0.1) is 26.7 Å². The molecule has 1 heterocycles. The highest BCUT2D eigenvalue weighted by molar-refractivity contribution is 5.94. The number of rotatable bonds is 9. The molecule has 7 heteroatoms. The number of benzene rings is 2. The Kier molecular flexibility index (Phi) is 7.76. The third-order valence-corrected chi connectivity index (χ3v) is 5.53. The fourth-order valence-electron chi connectivity index (χ4n) is 3.91. The van der Waals surface area contributed by atoms with Gasteiger partial charge in [0.15, 0.2) is 11.5 Å². The van der Waals surface area contributed by atoms with Crippen LogP contribution in [-0.4, -0.2) is 45.3 Å². The summed E-state index contributed by atoms with van der Waals surface area (Å²) in [6.07, 6.45) is 2.07. The third-order valence-electron chi connectivity index (χ3n) is 5.53. The van der Waals surface area contributed by atoms with Crippen molar-refractivity contribution in [2.24, 2.45) is 5.92 Å². The van der Waals surface area contributed by atoms with Crippen molar-refractivity contribution in [2.75, 3.05) is 32.7 Å². The van der Waals surface area contributed by atoms with Gasteiger partial charge in [-0.15, -0.1) is 0 Å². The lowest BCUT2D eigenvalue weighted by Gasteiger charge is -2.32. The summed E-state index contributed by atoms with van der Waals surface area (Å²) in [5.41, 5.74) is 2.64. The first-order valence-corrected chi connectivity index (χ1v) is 10.6. The van der Waals surface area contributed by atoms with E-state index in [1.807, 2.05) is 30.3 Å². The van der Waals surface area contributed by atoms with Crippen LogP contribution in [0.2, 0.25) is 0 Å². The second kappa shape index (κ2) is 10.7. The number of esters is 1. The minimum absolute atomic E-state index is 0.0988. The molecule has 2 aromatic carbocycles. The molecule has 0 bridgehead atoms. The number of methoxy groups -OCH3 is 2. The Balaban J connectivity index is 1.69. The summed E-state index contributed by atoms with van der Waals surface area (Å²) in [7, 11) is 3.21. The van der Waals surface area contributed by atoms with E-state index in [0.29, 0.717) is 36.6 Å². The van der Waals surface area contributed by atoms with Crippen LogP contribution in [0.15, 0.2) is 42.5 Å².